The Morgan fingerprint density at radius 1 is 1.07 bits per heavy atom. The van der Waals surface area contributed by atoms with Gasteiger partial charge in [-0.1, -0.05) is 12.1 Å². The van der Waals surface area contributed by atoms with Crippen molar-refractivity contribution in [2.24, 2.45) is 0 Å². The van der Waals surface area contributed by atoms with Crippen molar-refractivity contribution in [3.63, 3.8) is 0 Å². The van der Waals surface area contributed by atoms with Gasteiger partial charge in [0.25, 0.3) is 0 Å². The van der Waals surface area contributed by atoms with Gasteiger partial charge in [0, 0.05) is 56.3 Å². The van der Waals surface area contributed by atoms with Crippen LogP contribution in [0.4, 0.5) is 5.82 Å². The number of aliphatic hydroxyl groups is 1. The maximum absolute atomic E-state index is 11.7. The van der Waals surface area contributed by atoms with E-state index >= 15 is 0 Å². The van der Waals surface area contributed by atoms with Gasteiger partial charge in [-0.2, -0.15) is 10.4 Å². The Kier molecular flexibility index (Phi) is 7.51. The van der Waals surface area contributed by atoms with E-state index < -0.39 is 15.4 Å². The first-order valence-corrected chi connectivity index (χ1v) is 14.9. The molecule has 1 fully saturated rings. The summed E-state index contributed by atoms with van der Waals surface area (Å²) in [5.41, 5.74) is 2.82. The molecule has 0 aliphatic carbocycles. The fourth-order valence-corrected chi connectivity index (χ4v) is 5.34. The van der Waals surface area contributed by atoms with Gasteiger partial charge in [-0.25, -0.2) is 17.9 Å². The molecule has 0 bridgehead atoms. The molecular weight excluding hydrogens is 528 g/mol. The topological polar surface area (TPSA) is 124 Å². The van der Waals surface area contributed by atoms with E-state index in [1.54, 1.807) is 42.9 Å². The molecule has 5 rings (SSSR count). The minimum absolute atomic E-state index is 0.111. The highest BCUT2D eigenvalue weighted by molar-refractivity contribution is 7.90. The van der Waals surface area contributed by atoms with Crippen LogP contribution in [0.3, 0.4) is 0 Å². The second kappa shape index (κ2) is 10.9. The number of rotatable bonds is 8. The normalized spacial score (nSPS) is 14.8. The van der Waals surface area contributed by atoms with E-state index in [1.807, 2.05) is 30.3 Å². The van der Waals surface area contributed by atoms with Crippen LogP contribution in [-0.4, -0.2) is 77.7 Å². The Bertz CT molecular complexity index is 1640. The van der Waals surface area contributed by atoms with Crippen molar-refractivity contribution in [3.05, 3.63) is 72.2 Å². The van der Waals surface area contributed by atoms with Crippen LogP contribution in [0.25, 0.3) is 16.6 Å². The minimum atomic E-state index is -3.19. The molecule has 4 aromatic rings. The Labute approximate surface area is 234 Å². The van der Waals surface area contributed by atoms with E-state index in [9.17, 15) is 18.8 Å². The lowest BCUT2D eigenvalue weighted by Crippen LogP contribution is -2.46. The number of pyridine rings is 2. The maximum atomic E-state index is 11.7. The molecule has 40 heavy (non-hydrogen) atoms. The standard InChI is InChI=1S/C29H32N6O4S/c1-29(2,36)20-39-24-14-26(28-23(15-30)17-32-35(28)19-24)22-6-9-27(31-16-22)34-12-10-33(11-13-34)18-21-4-7-25(8-5-21)40(3,37)38/h4-9,14,16-17,19,36H,10-13,18,20H2,1-3H3. The molecular formula is C29H32N6O4S. The van der Waals surface area contributed by atoms with Gasteiger partial charge in [0.2, 0.25) is 0 Å². The van der Waals surface area contributed by atoms with Crippen LogP contribution in [0.15, 0.2) is 66.0 Å². The van der Waals surface area contributed by atoms with E-state index in [0.717, 1.165) is 55.2 Å². The number of anilines is 1. The summed E-state index contributed by atoms with van der Waals surface area (Å²) in [4.78, 5) is 9.66. The van der Waals surface area contributed by atoms with Crippen molar-refractivity contribution in [1.29, 1.82) is 5.26 Å². The average molecular weight is 561 g/mol. The summed E-state index contributed by atoms with van der Waals surface area (Å²) in [6.45, 7) is 7.58. The zero-order chi connectivity index (χ0) is 28.5. The zero-order valence-corrected chi connectivity index (χ0v) is 23.6. The number of aromatic nitrogens is 3. The lowest BCUT2D eigenvalue weighted by molar-refractivity contribution is 0.0283. The maximum Gasteiger partial charge on any atom is 0.175 e. The quantitative estimate of drug-likeness (QED) is 0.346. The number of fused-ring (bicyclic) bond motifs is 1. The molecule has 208 valence electrons. The van der Waals surface area contributed by atoms with Crippen molar-refractivity contribution < 1.29 is 18.3 Å². The van der Waals surface area contributed by atoms with Gasteiger partial charge in [0.15, 0.2) is 9.84 Å². The highest BCUT2D eigenvalue weighted by atomic mass is 32.2. The van der Waals surface area contributed by atoms with E-state index in [4.69, 9.17) is 9.72 Å². The summed E-state index contributed by atoms with van der Waals surface area (Å²) in [5.74, 6) is 1.41. The summed E-state index contributed by atoms with van der Waals surface area (Å²) in [6, 6.07) is 15.1. The molecule has 1 aliphatic heterocycles. The molecule has 3 aromatic heterocycles. The molecule has 0 amide bonds. The van der Waals surface area contributed by atoms with Gasteiger partial charge in [0.05, 0.1) is 34.0 Å². The molecule has 1 aliphatic rings. The van der Waals surface area contributed by atoms with Crippen molar-refractivity contribution in [2.75, 3.05) is 43.9 Å². The van der Waals surface area contributed by atoms with E-state index in [-0.39, 0.29) is 6.61 Å². The third kappa shape index (κ3) is 6.25. The summed E-state index contributed by atoms with van der Waals surface area (Å²) in [5, 5.41) is 24.0. The van der Waals surface area contributed by atoms with Crippen LogP contribution in [0, 0.1) is 11.3 Å². The zero-order valence-electron chi connectivity index (χ0n) is 22.8. The molecule has 0 unspecified atom stereocenters. The van der Waals surface area contributed by atoms with Crippen LogP contribution in [0.2, 0.25) is 0 Å². The summed E-state index contributed by atoms with van der Waals surface area (Å²) < 4.78 is 30.8. The van der Waals surface area contributed by atoms with Crippen molar-refractivity contribution in [2.45, 2.75) is 30.9 Å². The summed E-state index contributed by atoms with van der Waals surface area (Å²) >= 11 is 0. The second-order valence-electron chi connectivity index (χ2n) is 10.7. The number of sulfone groups is 1. The average Bonchev–Trinajstić information content (AvgIpc) is 3.35. The van der Waals surface area contributed by atoms with Gasteiger partial charge in [0.1, 0.15) is 24.2 Å². The molecule has 10 nitrogen and oxygen atoms in total. The number of benzene rings is 1. The first-order chi connectivity index (χ1) is 19.0. The van der Waals surface area contributed by atoms with Crippen molar-refractivity contribution in [1.82, 2.24) is 19.5 Å². The molecule has 0 atom stereocenters. The third-order valence-electron chi connectivity index (χ3n) is 6.81. The smallest absolute Gasteiger partial charge is 0.175 e. The highest BCUT2D eigenvalue weighted by Gasteiger charge is 2.20. The summed E-state index contributed by atoms with van der Waals surface area (Å²) in [7, 11) is -3.19. The Balaban J connectivity index is 1.28. The number of nitrogens with zero attached hydrogens (tertiary/aromatic N) is 6. The van der Waals surface area contributed by atoms with Gasteiger partial charge >= 0.3 is 0 Å². The molecule has 0 saturated carbocycles. The number of hydrogen-bond donors (Lipinski definition) is 1. The molecule has 1 aromatic carbocycles. The molecule has 0 spiro atoms. The SMILES string of the molecule is CC(C)(O)COc1cc(-c2ccc(N3CCN(Cc4ccc(S(C)(=O)=O)cc4)CC3)nc2)c2c(C#N)cnn2c1. The molecule has 11 heteroatoms. The Morgan fingerprint density at radius 3 is 2.40 bits per heavy atom. The second-order valence-corrected chi connectivity index (χ2v) is 12.8. The van der Waals surface area contributed by atoms with Crippen molar-refractivity contribution >= 4 is 21.2 Å². The minimum Gasteiger partial charge on any atom is -0.489 e. The first-order valence-electron chi connectivity index (χ1n) is 13.0. The van der Waals surface area contributed by atoms with Gasteiger partial charge in [-0.15, -0.1) is 0 Å². The Hall–Kier alpha value is -3.98. The predicted molar refractivity (Wildman–Crippen MR) is 152 cm³/mol. The molecule has 0 radical (unpaired) electrons. The summed E-state index contributed by atoms with van der Waals surface area (Å²) in [6.07, 6.45) is 6.25. The highest BCUT2D eigenvalue weighted by Crippen LogP contribution is 2.31. The first kappa shape index (κ1) is 27.6. The van der Waals surface area contributed by atoms with Gasteiger partial charge < -0.3 is 14.7 Å². The largest absolute Gasteiger partial charge is 0.489 e. The molecule has 1 saturated heterocycles. The lowest BCUT2D eigenvalue weighted by Gasteiger charge is -2.35. The van der Waals surface area contributed by atoms with Gasteiger partial charge in [-0.3, -0.25) is 4.90 Å². The Morgan fingerprint density at radius 2 is 1.80 bits per heavy atom. The van der Waals surface area contributed by atoms with Crippen LogP contribution >= 0.6 is 0 Å². The lowest BCUT2D eigenvalue weighted by atomic mass is 10.1. The van der Waals surface area contributed by atoms with E-state index in [1.165, 1.54) is 12.5 Å². The third-order valence-corrected chi connectivity index (χ3v) is 7.94. The van der Waals surface area contributed by atoms with E-state index in [0.29, 0.717) is 21.7 Å². The van der Waals surface area contributed by atoms with E-state index in [2.05, 4.69) is 21.0 Å². The van der Waals surface area contributed by atoms with Gasteiger partial charge in [-0.05, 0) is 49.7 Å². The van der Waals surface area contributed by atoms with Crippen LogP contribution in [-0.2, 0) is 16.4 Å². The molecule has 1 N–H and O–H groups in total. The van der Waals surface area contributed by atoms with Crippen molar-refractivity contribution in [3.8, 4) is 22.9 Å². The fraction of sp³-hybridized carbons (Fsp3) is 0.345. The number of ether oxygens (including phenoxy) is 1. The predicted octanol–water partition coefficient (Wildman–Crippen LogP) is 3.14. The van der Waals surface area contributed by atoms with Crippen LogP contribution in [0.1, 0.15) is 25.0 Å². The van der Waals surface area contributed by atoms with Crippen LogP contribution < -0.4 is 9.64 Å². The monoisotopic (exact) mass is 560 g/mol. The van der Waals surface area contributed by atoms with Crippen LogP contribution in [0.5, 0.6) is 5.75 Å². The number of nitriles is 1. The number of piperazine rings is 1. The molecule has 4 heterocycles. The fourth-order valence-electron chi connectivity index (χ4n) is 4.71. The number of hydrogen-bond acceptors (Lipinski definition) is 9.